The fourth-order valence-electron chi connectivity index (χ4n) is 1.72. The Morgan fingerprint density at radius 2 is 2.31 bits per heavy atom. The Labute approximate surface area is 107 Å². The summed E-state index contributed by atoms with van der Waals surface area (Å²) in [6, 6.07) is 5.83. The average molecular weight is 302 g/mol. The lowest BCUT2D eigenvalue weighted by molar-refractivity contribution is -0.118. The highest BCUT2D eigenvalue weighted by molar-refractivity contribution is 9.10. The predicted molar refractivity (Wildman–Crippen MR) is 68.9 cm³/mol. The average Bonchev–Trinajstić information content (AvgIpc) is 2.24. The Balaban J connectivity index is 2.43. The summed E-state index contributed by atoms with van der Waals surface area (Å²) in [7, 11) is 0. The standard InChI is InChI=1S/C11H12BrNO2S/c1-7-11(15)13(4-5-14)9-3-2-8(12)6-10(9)16-7/h2-3,6-7,14H,4-5H2,1H3. The molecule has 1 aromatic rings. The van der Waals surface area contributed by atoms with Gasteiger partial charge in [-0.15, -0.1) is 11.8 Å². The van der Waals surface area contributed by atoms with E-state index in [-0.39, 0.29) is 17.8 Å². The number of benzene rings is 1. The Bertz CT molecular complexity index is 424. The van der Waals surface area contributed by atoms with Crippen LogP contribution in [0, 0.1) is 0 Å². The van der Waals surface area contributed by atoms with Crippen molar-refractivity contribution in [2.24, 2.45) is 0 Å². The molecule has 1 aliphatic rings. The number of hydrogen-bond acceptors (Lipinski definition) is 3. The first kappa shape index (κ1) is 12.0. The molecular weight excluding hydrogens is 290 g/mol. The third-order valence-corrected chi connectivity index (χ3v) is 4.08. The normalized spacial score (nSPS) is 19.8. The van der Waals surface area contributed by atoms with Crippen LogP contribution in [-0.2, 0) is 4.79 Å². The number of halogens is 1. The van der Waals surface area contributed by atoms with Gasteiger partial charge < -0.3 is 10.0 Å². The molecular formula is C11H12BrNO2S. The van der Waals surface area contributed by atoms with Gasteiger partial charge in [0.2, 0.25) is 5.91 Å². The summed E-state index contributed by atoms with van der Waals surface area (Å²) in [6.07, 6.45) is 0. The fraction of sp³-hybridized carbons (Fsp3) is 0.364. The van der Waals surface area contributed by atoms with Crippen LogP contribution >= 0.6 is 27.7 Å². The van der Waals surface area contributed by atoms with Crippen LogP contribution in [-0.4, -0.2) is 29.4 Å². The van der Waals surface area contributed by atoms with Crippen molar-refractivity contribution in [3.8, 4) is 0 Å². The fourth-order valence-corrected chi connectivity index (χ4v) is 3.33. The predicted octanol–water partition coefficient (Wildman–Crippen LogP) is 2.27. The van der Waals surface area contributed by atoms with Crippen LogP contribution < -0.4 is 4.90 Å². The molecule has 3 nitrogen and oxygen atoms in total. The van der Waals surface area contributed by atoms with Gasteiger partial charge in [0.1, 0.15) is 0 Å². The molecule has 0 saturated carbocycles. The third kappa shape index (κ3) is 2.12. The van der Waals surface area contributed by atoms with Crippen molar-refractivity contribution >= 4 is 39.3 Å². The molecule has 1 atom stereocenters. The molecule has 1 unspecified atom stereocenters. The zero-order valence-corrected chi connectivity index (χ0v) is 11.2. The SMILES string of the molecule is CC1Sc2cc(Br)ccc2N(CCO)C1=O. The summed E-state index contributed by atoms with van der Waals surface area (Å²) < 4.78 is 1.00. The van der Waals surface area contributed by atoms with E-state index in [0.717, 1.165) is 15.1 Å². The number of anilines is 1. The number of hydrogen-bond donors (Lipinski definition) is 1. The number of fused-ring (bicyclic) bond motifs is 1. The second-order valence-corrected chi connectivity index (χ2v) is 5.88. The van der Waals surface area contributed by atoms with Gasteiger partial charge in [0.25, 0.3) is 0 Å². The molecule has 1 amide bonds. The Morgan fingerprint density at radius 1 is 1.56 bits per heavy atom. The van der Waals surface area contributed by atoms with Gasteiger partial charge in [0, 0.05) is 15.9 Å². The lowest BCUT2D eigenvalue weighted by Crippen LogP contribution is -2.41. The van der Waals surface area contributed by atoms with Gasteiger partial charge in [-0.3, -0.25) is 4.79 Å². The van der Waals surface area contributed by atoms with Crippen molar-refractivity contribution in [2.75, 3.05) is 18.1 Å². The van der Waals surface area contributed by atoms with Crippen LogP contribution in [0.15, 0.2) is 27.6 Å². The number of thioether (sulfide) groups is 1. The van der Waals surface area contributed by atoms with E-state index in [1.807, 2.05) is 25.1 Å². The summed E-state index contributed by atoms with van der Waals surface area (Å²) in [5.74, 6) is 0.0638. The molecule has 1 heterocycles. The molecule has 0 spiro atoms. The molecule has 0 bridgehead atoms. The summed E-state index contributed by atoms with van der Waals surface area (Å²) in [4.78, 5) is 14.7. The van der Waals surface area contributed by atoms with Gasteiger partial charge >= 0.3 is 0 Å². The van der Waals surface area contributed by atoms with E-state index >= 15 is 0 Å². The highest BCUT2D eigenvalue weighted by atomic mass is 79.9. The Morgan fingerprint density at radius 3 is 3.00 bits per heavy atom. The zero-order valence-electron chi connectivity index (χ0n) is 8.81. The number of nitrogens with zero attached hydrogens (tertiary/aromatic N) is 1. The second kappa shape index (κ2) is 4.77. The largest absolute Gasteiger partial charge is 0.395 e. The molecule has 16 heavy (non-hydrogen) atoms. The van der Waals surface area contributed by atoms with E-state index < -0.39 is 0 Å². The number of carbonyl (C=O) groups is 1. The number of amides is 1. The number of aliphatic hydroxyl groups is 1. The van der Waals surface area contributed by atoms with Crippen molar-refractivity contribution < 1.29 is 9.90 Å². The Hall–Kier alpha value is -0.520. The highest BCUT2D eigenvalue weighted by Gasteiger charge is 2.30. The zero-order chi connectivity index (χ0) is 11.7. The van der Waals surface area contributed by atoms with Crippen molar-refractivity contribution in [3.05, 3.63) is 22.7 Å². The molecule has 0 saturated heterocycles. The van der Waals surface area contributed by atoms with Crippen LogP contribution in [0.5, 0.6) is 0 Å². The van der Waals surface area contributed by atoms with Crippen LogP contribution in [0.25, 0.3) is 0 Å². The number of rotatable bonds is 2. The maximum atomic E-state index is 11.9. The molecule has 1 aliphatic heterocycles. The first-order chi connectivity index (χ1) is 7.63. The van der Waals surface area contributed by atoms with Crippen molar-refractivity contribution in [3.63, 3.8) is 0 Å². The maximum Gasteiger partial charge on any atom is 0.240 e. The van der Waals surface area contributed by atoms with E-state index in [4.69, 9.17) is 5.11 Å². The first-order valence-electron chi connectivity index (χ1n) is 5.02. The third-order valence-electron chi connectivity index (χ3n) is 2.45. The van der Waals surface area contributed by atoms with Crippen LogP contribution in [0.1, 0.15) is 6.92 Å². The summed E-state index contributed by atoms with van der Waals surface area (Å²) >= 11 is 4.98. The van der Waals surface area contributed by atoms with Crippen LogP contribution in [0.3, 0.4) is 0 Å². The van der Waals surface area contributed by atoms with Crippen molar-refractivity contribution in [1.29, 1.82) is 0 Å². The molecule has 0 radical (unpaired) electrons. The van der Waals surface area contributed by atoms with E-state index in [9.17, 15) is 4.79 Å². The molecule has 0 aliphatic carbocycles. The van der Waals surface area contributed by atoms with Crippen LogP contribution in [0.2, 0.25) is 0 Å². The molecule has 5 heteroatoms. The molecule has 1 N–H and O–H groups in total. The van der Waals surface area contributed by atoms with Crippen molar-refractivity contribution in [1.82, 2.24) is 0 Å². The highest BCUT2D eigenvalue weighted by Crippen LogP contribution is 2.40. The van der Waals surface area contributed by atoms with Gasteiger partial charge in [0.05, 0.1) is 17.5 Å². The molecule has 0 aromatic heterocycles. The topological polar surface area (TPSA) is 40.5 Å². The van der Waals surface area contributed by atoms with E-state index in [1.54, 1.807) is 16.7 Å². The van der Waals surface area contributed by atoms with Gasteiger partial charge in [-0.2, -0.15) is 0 Å². The van der Waals surface area contributed by atoms with Crippen molar-refractivity contribution in [2.45, 2.75) is 17.1 Å². The van der Waals surface area contributed by atoms with Gasteiger partial charge in [-0.25, -0.2) is 0 Å². The minimum atomic E-state index is -0.0895. The molecule has 2 rings (SSSR count). The smallest absolute Gasteiger partial charge is 0.240 e. The first-order valence-corrected chi connectivity index (χ1v) is 6.69. The van der Waals surface area contributed by atoms with Crippen LogP contribution in [0.4, 0.5) is 5.69 Å². The Kier molecular flexibility index (Phi) is 3.56. The number of carbonyl (C=O) groups excluding carboxylic acids is 1. The monoisotopic (exact) mass is 301 g/mol. The molecule has 86 valence electrons. The van der Waals surface area contributed by atoms with Gasteiger partial charge in [0.15, 0.2) is 0 Å². The van der Waals surface area contributed by atoms with E-state index in [2.05, 4.69) is 15.9 Å². The lowest BCUT2D eigenvalue weighted by Gasteiger charge is -2.31. The lowest BCUT2D eigenvalue weighted by atomic mass is 10.2. The number of aliphatic hydroxyl groups excluding tert-OH is 1. The second-order valence-electron chi connectivity index (χ2n) is 3.59. The summed E-state index contributed by atoms with van der Waals surface area (Å²) in [5.41, 5.74) is 0.894. The maximum absolute atomic E-state index is 11.9. The summed E-state index contributed by atoms with van der Waals surface area (Å²) in [5, 5.41) is 8.90. The van der Waals surface area contributed by atoms with E-state index in [0.29, 0.717) is 6.54 Å². The minimum absolute atomic E-state index is 0.0152. The number of β-amino-alcohol motifs (C(OH)–C–C–N with tert-alkyl or cyclic N) is 1. The van der Waals surface area contributed by atoms with E-state index in [1.165, 1.54) is 0 Å². The minimum Gasteiger partial charge on any atom is -0.395 e. The quantitative estimate of drug-likeness (QED) is 0.911. The van der Waals surface area contributed by atoms with Gasteiger partial charge in [-0.05, 0) is 25.1 Å². The van der Waals surface area contributed by atoms with Gasteiger partial charge in [-0.1, -0.05) is 15.9 Å². The molecule has 1 aromatic carbocycles. The molecule has 0 fully saturated rings. The summed E-state index contributed by atoms with van der Waals surface area (Å²) in [6.45, 7) is 2.23.